The Morgan fingerprint density at radius 3 is 2.22 bits per heavy atom. The first kappa shape index (κ1) is 18.5. The van der Waals surface area contributed by atoms with Crippen molar-refractivity contribution < 1.29 is 17.9 Å². The summed E-state index contributed by atoms with van der Waals surface area (Å²) in [6, 6.07) is -0.539. The van der Waals surface area contributed by atoms with Gasteiger partial charge in [-0.15, -0.1) is 0 Å². The van der Waals surface area contributed by atoms with Crippen LogP contribution in [0.1, 0.15) is 58.3 Å². The SMILES string of the molecule is COC1(C)CCN(S(=O)(=O)NC(=O)NC2CCCCCC2)CC1. The van der Waals surface area contributed by atoms with Crippen LogP contribution in [-0.2, 0) is 14.9 Å². The zero-order chi connectivity index (χ0) is 16.9. The van der Waals surface area contributed by atoms with Crippen molar-refractivity contribution in [2.45, 2.75) is 69.9 Å². The number of rotatable bonds is 4. The van der Waals surface area contributed by atoms with E-state index in [1.165, 1.54) is 17.1 Å². The first-order valence-corrected chi connectivity index (χ1v) is 9.92. The fourth-order valence-electron chi connectivity index (χ4n) is 3.22. The highest BCUT2D eigenvalue weighted by Crippen LogP contribution is 2.26. The molecule has 0 bridgehead atoms. The lowest BCUT2D eigenvalue weighted by Gasteiger charge is -2.37. The lowest BCUT2D eigenvalue weighted by atomic mass is 9.95. The number of hydrogen-bond acceptors (Lipinski definition) is 4. The monoisotopic (exact) mass is 347 g/mol. The Balaban J connectivity index is 1.84. The van der Waals surface area contributed by atoms with E-state index >= 15 is 0 Å². The molecule has 0 radical (unpaired) electrons. The third-order valence-electron chi connectivity index (χ3n) is 5.02. The van der Waals surface area contributed by atoms with Gasteiger partial charge in [0.1, 0.15) is 0 Å². The minimum absolute atomic E-state index is 0.0749. The van der Waals surface area contributed by atoms with Crippen LogP contribution in [-0.4, -0.2) is 50.6 Å². The normalized spacial score (nSPS) is 23.9. The maximum Gasteiger partial charge on any atom is 0.329 e. The highest BCUT2D eigenvalue weighted by Gasteiger charge is 2.35. The van der Waals surface area contributed by atoms with Gasteiger partial charge in [-0.3, -0.25) is 0 Å². The number of piperidine rings is 1. The zero-order valence-corrected chi connectivity index (χ0v) is 15.0. The number of nitrogens with zero attached hydrogens (tertiary/aromatic N) is 1. The Bertz CT molecular complexity index is 493. The summed E-state index contributed by atoms with van der Waals surface area (Å²) < 4.78 is 33.5. The Morgan fingerprint density at radius 1 is 1.13 bits per heavy atom. The highest BCUT2D eigenvalue weighted by molar-refractivity contribution is 7.87. The molecule has 1 saturated carbocycles. The Kier molecular flexibility index (Phi) is 6.27. The summed E-state index contributed by atoms with van der Waals surface area (Å²) in [5.41, 5.74) is -0.283. The van der Waals surface area contributed by atoms with E-state index in [9.17, 15) is 13.2 Å². The number of nitrogens with one attached hydrogen (secondary N) is 2. The maximum atomic E-state index is 12.3. The molecule has 0 spiro atoms. The van der Waals surface area contributed by atoms with Gasteiger partial charge < -0.3 is 10.1 Å². The van der Waals surface area contributed by atoms with Gasteiger partial charge in [0.25, 0.3) is 0 Å². The molecule has 0 aromatic carbocycles. The van der Waals surface area contributed by atoms with Crippen LogP contribution in [0.15, 0.2) is 0 Å². The standard InChI is InChI=1S/C15H29N3O4S/c1-15(22-2)9-11-18(12-10-15)23(20,21)17-14(19)16-13-7-5-3-4-6-8-13/h13H,3-12H2,1-2H3,(H2,16,17,19). The predicted octanol–water partition coefficient (Wildman–Crippen LogP) is 1.75. The molecule has 1 aliphatic heterocycles. The quantitative estimate of drug-likeness (QED) is 0.759. The molecule has 2 N–H and O–H groups in total. The van der Waals surface area contributed by atoms with E-state index in [1.807, 2.05) is 6.92 Å². The summed E-state index contributed by atoms with van der Waals surface area (Å²) in [6.45, 7) is 2.69. The summed E-state index contributed by atoms with van der Waals surface area (Å²) in [5.74, 6) is 0. The van der Waals surface area contributed by atoms with Gasteiger partial charge in [-0.1, -0.05) is 25.7 Å². The first-order valence-electron chi connectivity index (χ1n) is 8.48. The van der Waals surface area contributed by atoms with E-state index in [1.54, 1.807) is 7.11 Å². The molecule has 0 aromatic rings. The van der Waals surface area contributed by atoms with Crippen LogP contribution in [0, 0.1) is 0 Å². The van der Waals surface area contributed by atoms with Gasteiger partial charge in [0.05, 0.1) is 5.60 Å². The molecule has 0 unspecified atom stereocenters. The van der Waals surface area contributed by atoms with E-state index in [0.29, 0.717) is 25.9 Å². The van der Waals surface area contributed by atoms with Crippen LogP contribution < -0.4 is 10.0 Å². The van der Waals surface area contributed by atoms with Gasteiger partial charge in [-0.25, -0.2) is 9.52 Å². The molecular formula is C15H29N3O4S. The van der Waals surface area contributed by atoms with Crippen molar-refractivity contribution in [3.05, 3.63) is 0 Å². The van der Waals surface area contributed by atoms with Crippen LogP contribution in [0.3, 0.4) is 0 Å². The summed E-state index contributed by atoms with van der Waals surface area (Å²) >= 11 is 0. The number of carbonyl (C=O) groups excluding carboxylic acids is 1. The van der Waals surface area contributed by atoms with E-state index in [2.05, 4.69) is 10.0 Å². The number of methoxy groups -OCH3 is 1. The summed E-state index contributed by atoms with van der Waals surface area (Å²) in [7, 11) is -2.14. The van der Waals surface area contributed by atoms with E-state index in [0.717, 1.165) is 25.7 Å². The van der Waals surface area contributed by atoms with E-state index in [4.69, 9.17) is 4.74 Å². The van der Waals surface area contributed by atoms with Gasteiger partial charge in [0.15, 0.2) is 0 Å². The number of urea groups is 1. The number of ether oxygens (including phenoxy) is 1. The lowest BCUT2D eigenvalue weighted by Crippen LogP contribution is -2.53. The third kappa shape index (κ3) is 5.32. The van der Waals surface area contributed by atoms with Crippen molar-refractivity contribution in [2.24, 2.45) is 0 Å². The van der Waals surface area contributed by atoms with Gasteiger partial charge >= 0.3 is 16.2 Å². The second-order valence-corrected chi connectivity index (χ2v) is 8.49. The molecule has 7 nitrogen and oxygen atoms in total. The van der Waals surface area contributed by atoms with Crippen molar-refractivity contribution in [3.8, 4) is 0 Å². The van der Waals surface area contributed by atoms with Gasteiger partial charge in [-0.05, 0) is 32.6 Å². The lowest BCUT2D eigenvalue weighted by molar-refractivity contribution is -0.0300. The van der Waals surface area contributed by atoms with Crippen LogP contribution >= 0.6 is 0 Å². The molecule has 8 heteroatoms. The molecule has 1 aliphatic carbocycles. The Hall–Kier alpha value is -0.860. The fourth-order valence-corrected chi connectivity index (χ4v) is 4.31. The summed E-state index contributed by atoms with van der Waals surface area (Å²) in [6.07, 6.45) is 7.61. The molecule has 134 valence electrons. The number of hydrogen-bond donors (Lipinski definition) is 2. The van der Waals surface area contributed by atoms with Crippen molar-refractivity contribution in [3.63, 3.8) is 0 Å². The predicted molar refractivity (Wildman–Crippen MR) is 88.3 cm³/mol. The smallest absolute Gasteiger partial charge is 0.329 e. The minimum Gasteiger partial charge on any atom is -0.378 e. The topological polar surface area (TPSA) is 87.7 Å². The molecule has 23 heavy (non-hydrogen) atoms. The third-order valence-corrected chi connectivity index (χ3v) is 6.51. The Labute approximate surface area is 139 Å². The number of carbonyl (C=O) groups is 1. The minimum atomic E-state index is -3.79. The molecule has 2 rings (SSSR count). The van der Waals surface area contributed by atoms with Gasteiger partial charge in [0.2, 0.25) is 0 Å². The van der Waals surface area contributed by atoms with Crippen molar-refractivity contribution in [1.29, 1.82) is 0 Å². The molecule has 1 heterocycles. The summed E-state index contributed by atoms with van der Waals surface area (Å²) in [4.78, 5) is 12.0. The van der Waals surface area contributed by atoms with Crippen molar-refractivity contribution >= 4 is 16.2 Å². The van der Waals surface area contributed by atoms with Crippen LogP contribution in [0.4, 0.5) is 4.79 Å². The zero-order valence-electron chi connectivity index (χ0n) is 14.1. The maximum absolute atomic E-state index is 12.3. The average Bonchev–Trinajstić information content (AvgIpc) is 2.75. The fraction of sp³-hybridized carbons (Fsp3) is 0.933. The van der Waals surface area contributed by atoms with Crippen molar-refractivity contribution in [2.75, 3.05) is 20.2 Å². The number of amides is 2. The van der Waals surface area contributed by atoms with Crippen LogP contribution in [0.2, 0.25) is 0 Å². The second-order valence-electron chi connectivity index (χ2n) is 6.82. The molecule has 2 fully saturated rings. The van der Waals surface area contributed by atoms with Crippen molar-refractivity contribution in [1.82, 2.24) is 14.3 Å². The largest absolute Gasteiger partial charge is 0.378 e. The first-order chi connectivity index (χ1) is 10.8. The average molecular weight is 347 g/mol. The van der Waals surface area contributed by atoms with E-state index < -0.39 is 16.2 Å². The van der Waals surface area contributed by atoms with Gasteiger partial charge in [0, 0.05) is 26.2 Å². The molecule has 2 aliphatic rings. The van der Waals surface area contributed by atoms with Crippen LogP contribution in [0.25, 0.3) is 0 Å². The highest BCUT2D eigenvalue weighted by atomic mass is 32.2. The Morgan fingerprint density at radius 2 is 1.70 bits per heavy atom. The molecule has 0 aromatic heterocycles. The molecule has 1 saturated heterocycles. The molecule has 0 atom stereocenters. The summed E-state index contributed by atoms with van der Waals surface area (Å²) in [5, 5.41) is 2.80. The molecular weight excluding hydrogens is 318 g/mol. The van der Waals surface area contributed by atoms with Gasteiger partial charge in [-0.2, -0.15) is 12.7 Å². The molecule has 2 amide bonds. The second kappa shape index (κ2) is 7.81. The van der Waals surface area contributed by atoms with E-state index in [-0.39, 0.29) is 11.6 Å². The van der Waals surface area contributed by atoms with Crippen LogP contribution in [0.5, 0.6) is 0 Å².